The Balaban J connectivity index is 0.000000625. The van der Waals surface area contributed by atoms with Gasteiger partial charge in [-0.1, -0.05) is 98.2 Å². The van der Waals surface area contributed by atoms with Gasteiger partial charge in [0.2, 0.25) is 17.7 Å². The van der Waals surface area contributed by atoms with E-state index in [4.69, 9.17) is 48.8 Å². The van der Waals surface area contributed by atoms with Crippen LogP contribution in [0.2, 0.25) is 0 Å². The monoisotopic (exact) mass is 1330 g/mol. The summed E-state index contributed by atoms with van der Waals surface area (Å²) >= 11 is 0. The summed E-state index contributed by atoms with van der Waals surface area (Å²) in [6, 6.07) is 17.4. The van der Waals surface area contributed by atoms with E-state index in [0.29, 0.717) is 80.3 Å². The molecule has 0 bridgehead atoms. The van der Waals surface area contributed by atoms with Crippen molar-refractivity contribution in [1.29, 1.82) is 0 Å². The Labute approximate surface area is 558 Å². The van der Waals surface area contributed by atoms with E-state index in [1.54, 1.807) is 79.7 Å². The van der Waals surface area contributed by atoms with Crippen molar-refractivity contribution < 1.29 is 72.9 Å². The van der Waals surface area contributed by atoms with Crippen molar-refractivity contribution in [3.8, 4) is 0 Å². The van der Waals surface area contributed by atoms with E-state index in [0.717, 1.165) is 16.7 Å². The molecule has 2 aliphatic heterocycles. The lowest BCUT2D eigenvalue weighted by molar-refractivity contribution is -0.201. The van der Waals surface area contributed by atoms with Crippen molar-refractivity contribution in [1.82, 2.24) is 26.3 Å². The number of amides is 11. The Kier molecular flexibility index (Phi) is 42.3. The van der Waals surface area contributed by atoms with Gasteiger partial charge in [0.15, 0.2) is 5.78 Å². The smallest absolute Gasteiger partial charge is 0.336 e. The van der Waals surface area contributed by atoms with E-state index in [-0.39, 0.29) is 104 Å². The summed E-state index contributed by atoms with van der Waals surface area (Å²) in [5, 5.41) is 46.7. The molecule has 0 unspecified atom stereocenters. The van der Waals surface area contributed by atoms with Crippen LogP contribution in [0.4, 0.5) is 31.4 Å². The number of urea groups is 3. The SMILES string of the molecule is C1CCNCC1.CC(C)[C@H](C)C(=O)C[C@@H](CCCNC(N)=O)C(=O)Nc1ccc(CO)cc1.CC(C)[C@H](C)C(=O)ON1C(=O)CCC1=O.CC(C)[C@H](N)C(=O)C[C@@H](CCCNC(N)=O)C(=O)Nc1ccc(CO)cc1.NC(=O)NCCC[C@H](N)C(=O)Nc1ccc(CO)cc1. The molecule has 2 aliphatic rings. The molecule has 2 saturated heterocycles. The van der Waals surface area contributed by atoms with E-state index >= 15 is 0 Å². The number of nitrogens with two attached hydrogens (primary N) is 5. The fourth-order valence-electron chi connectivity index (χ4n) is 8.70. The van der Waals surface area contributed by atoms with Gasteiger partial charge in [0.1, 0.15) is 5.78 Å². The highest BCUT2D eigenvalue weighted by Crippen LogP contribution is 2.23. The average molecular weight is 1330 g/mol. The van der Waals surface area contributed by atoms with Gasteiger partial charge in [-0.05, 0) is 135 Å². The third kappa shape index (κ3) is 36.7. The fourth-order valence-corrected chi connectivity index (χ4v) is 8.70. The number of rotatable bonds is 32. The minimum absolute atomic E-state index is 0.0104. The first-order valence-corrected chi connectivity index (χ1v) is 32.4. The molecule has 2 fully saturated rings. The van der Waals surface area contributed by atoms with Crippen molar-refractivity contribution in [3.63, 3.8) is 0 Å². The van der Waals surface area contributed by atoms with E-state index < -0.39 is 59.8 Å². The predicted molar refractivity (Wildman–Crippen MR) is 362 cm³/mol. The van der Waals surface area contributed by atoms with E-state index in [1.807, 2.05) is 48.5 Å². The van der Waals surface area contributed by atoms with Crippen LogP contribution in [-0.2, 0) is 63.0 Å². The van der Waals surface area contributed by atoms with Crippen LogP contribution >= 0.6 is 0 Å². The lowest BCUT2D eigenvalue weighted by Crippen LogP contribution is -2.38. The Morgan fingerprint density at radius 1 is 0.484 bits per heavy atom. The Morgan fingerprint density at radius 2 is 0.832 bits per heavy atom. The molecule has 0 saturated carbocycles. The first-order chi connectivity index (χ1) is 44.9. The summed E-state index contributed by atoms with van der Waals surface area (Å²) in [5.41, 5.74) is 30.7. The number of carbonyl (C=O) groups excluding carboxylic acids is 11. The third-order valence-electron chi connectivity index (χ3n) is 15.6. The van der Waals surface area contributed by atoms with Crippen LogP contribution < -0.4 is 65.9 Å². The molecule has 0 spiro atoms. The van der Waals surface area contributed by atoms with Gasteiger partial charge in [-0.15, -0.1) is 5.06 Å². The first-order valence-electron chi connectivity index (χ1n) is 32.4. The molecular weight excluding hydrogens is 1230 g/mol. The molecular formula is C67H107N13O15. The summed E-state index contributed by atoms with van der Waals surface area (Å²) in [6.45, 7) is 18.4. The van der Waals surface area contributed by atoms with E-state index in [9.17, 15) is 52.7 Å². The molecule has 20 N–H and O–H groups in total. The van der Waals surface area contributed by atoms with Crippen molar-refractivity contribution >= 4 is 82.2 Å². The standard InChI is InChI=1S/C20H31N3O4.C19H30N4O4.C13H20N4O3.C10H15NO4.C5H11N/c1-13(2)14(3)18(25)11-16(5-4-10-22-20(21)27)19(26)23-17-8-6-15(12-24)7-9-17;1-12(2)17(20)16(25)10-14(4-3-9-22-19(21)27)18(26)23-15-7-5-13(11-24)6-8-15;14-11(2-1-7-16-13(15)20)12(19)17-10-5-3-9(8-18)4-6-10;1-6(2)7(3)10(14)15-11-8(12)4-5-9(11)13;1-2-4-6-5-3-1/h6-9,13-14,16,24H,4-5,10-12H2,1-3H3,(H,23,26)(H3,21,22,27);5-8,12,14,17,24H,3-4,9-11,20H2,1-2H3,(H,23,26)(H3,21,22,27);3-6,11,18H,1-2,7-8,14H2,(H,17,19)(H3,15,16,20);6-7H,4-5H2,1-3H3;6H,1-5H2/t14-,16+;14-,17+;11-;7-;/m0100./s1. The average Bonchev–Trinajstić information content (AvgIpc) is 1.86. The predicted octanol–water partition coefficient (Wildman–Crippen LogP) is 5.10. The number of benzene rings is 3. The van der Waals surface area contributed by atoms with Gasteiger partial charge < -0.3 is 86.0 Å². The van der Waals surface area contributed by atoms with Crippen LogP contribution in [0.5, 0.6) is 0 Å². The zero-order valence-corrected chi connectivity index (χ0v) is 56.5. The van der Waals surface area contributed by atoms with Crippen LogP contribution in [0.15, 0.2) is 72.8 Å². The molecule has 0 aromatic heterocycles. The van der Waals surface area contributed by atoms with Crippen LogP contribution in [0.1, 0.15) is 156 Å². The Bertz CT molecular complexity index is 2700. The van der Waals surface area contributed by atoms with Crippen LogP contribution in [0.3, 0.4) is 0 Å². The number of primary amides is 3. The number of hydroxylamine groups is 2. The maximum absolute atomic E-state index is 12.7. The fraction of sp³-hybridized carbons (Fsp3) is 0.567. The van der Waals surface area contributed by atoms with Crippen molar-refractivity contribution in [2.45, 2.75) is 171 Å². The molecule has 95 heavy (non-hydrogen) atoms. The van der Waals surface area contributed by atoms with Crippen molar-refractivity contribution in [3.05, 3.63) is 89.5 Å². The molecule has 28 heteroatoms. The molecule has 6 atom stereocenters. The first kappa shape index (κ1) is 84.6. The number of nitrogens with one attached hydrogen (secondary N) is 7. The highest BCUT2D eigenvalue weighted by molar-refractivity contribution is 6.02. The van der Waals surface area contributed by atoms with Gasteiger partial charge in [-0.2, -0.15) is 0 Å². The number of Topliss-reactive ketones (excluding diaryl/α,β-unsaturated/α-hetero) is 2. The zero-order chi connectivity index (χ0) is 71.6. The second-order valence-electron chi connectivity index (χ2n) is 24.3. The molecule has 5 rings (SSSR count). The molecule has 11 amide bonds. The third-order valence-corrected chi connectivity index (χ3v) is 15.6. The number of nitrogens with zero attached hydrogens (tertiary/aromatic N) is 1. The highest BCUT2D eigenvalue weighted by Gasteiger charge is 2.35. The number of aliphatic hydroxyl groups excluding tert-OH is 3. The molecule has 28 nitrogen and oxygen atoms in total. The normalized spacial score (nSPS) is 14.3. The largest absolute Gasteiger partial charge is 0.392 e. The summed E-state index contributed by atoms with van der Waals surface area (Å²) < 4.78 is 0. The minimum atomic E-state index is -0.651. The number of aliphatic hydroxyl groups is 3. The van der Waals surface area contributed by atoms with Gasteiger partial charge in [0.25, 0.3) is 11.8 Å². The number of piperidine rings is 1. The van der Waals surface area contributed by atoms with Crippen molar-refractivity contribution in [2.75, 3.05) is 48.7 Å². The Hall–Kier alpha value is -8.41. The minimum Gasteiger partial charge on any atom is -0.392 e. The molecule has 530 valence electrons. The maximum Gasteiger partial charge on any atom is 0.336 e. The summed E-state index contributed by atoms with van der Waals surface area (Å²) in [4.78, 5) is 132. The van der Waals surface area contributed by atoms with Gasteiger partial charge >= 0.3 is 24.1 Å². The molecule has 3 aromatic rings. The number of hydrogen-bond donors (Lipinski definition) is 15. The van der Waals surface area contributed by atoms with Crippen LogP contribution in [0.25, 0.3) is 0 Å². The quantitative estimate of drug-likeness (QED) is 0.0286. The topological polar surface area (TPSA) is 475 Å². The van der Waals surface area contributed by atoms with Gasteiger partial charge in [0.05, 0.1) is 37.8 Å². The summed E-state index contributed by atoms with van der Waals surface area (Å²) in [5.74, 6) is -3.49. The molecule has 0 radical (unpaired) electrons. The van der Waals surface area contributed by atoms with E-state index in [2.05, 4.69) is 37.2 Å². The Morgan fingerprint density at radius 3 is 1.14 bits per heavy atom. The highest BCUT2D eigenvalue weighted by atomic mass is 16.7. The number of hydrogen-bond acceptors (Lipinski definition) is 18. The number of anilines is 3. The van der Waals surface area contributed by atoms with Crippen LogP contribution in [0, 0.1) is 41.4 Å². The molecule has 0 aliphatic carbocycles. The van der Waals surface area contributed by atoms with Gasteiger partial charge in [-0.3, -0.25) is 33.6 Å². The van der Waals surface area contributed by atoms with Gasteiger partial charge in [-0.25, -0.2) is 19.2 Å². The number of carbonyl (C=O) groups is 11. The lowest BCUT2D eigenvalue weighted by Gasteiger charge is -2.20. The maximum atomic E-state index is 12.7. The molecule has 3 aromatic carbocycles. The zero-order valence-electron chi connectivity index (χ0n) is 56.5. The van der Waals surface area contributed by atoms with E-state index in [1.165, 1.54) is 32.4 Å². The second-order valence-corrected chi connectivity index (χ2v) is 24.3. The number of ketones is 2. The van der Waals surface area contributed by atoms with Crippen LogP contribution in [-0.4, -0.2) is 130 Å². The number of imide groups is 1. The van der Waals surface area contributed by atoms with Gasteiger partial charge in [0, 0.05) is 80.1 Å². The molecule has 2 heterocycles. The summed E-state index contributed by atoms with van der Waals surface area (Å²) in [6.07, 6.45) is 7.63. The second kappa shape index (κ2) is 47.5. The summed E-state index contributed by atoms with van der Waals surface area (Å²) in [7, 11) is 0. The lowest BCUT2D eigenvalue weighted by atomic mass is 9.86. The van der Waals surface area contributed by atoms with Crippen molar-refractivity contribution in [2.24, 2.45) is 70.1 Å².